The van der Waals surface area contributed by atoms with Crippen molar-refractivity contribution in [2.24, 2.45) is 0 Å². The Bertz CT molecular complexity index is 495. The Morgan fingerprint density at radius 2 is 2.29 bits per heavy atom. The first-order valence-electron chi connectivity index (χ1n) is 5.68. The van der Waals surface area contributed by atoms with E-state index < -0.39 is 6.10 Å². The van der Waals surface area contributed by atoms with Crippen LogP contribution in [0.2, 0.25) is 0 Å². The lowest BCUT2D eigenvalue weighted by Crippen LogP contribution is -2.05. The molecule has 5 heteroatoms. The van der Waals surface area contributed by atoms with Gasteiger partial charge in [-0.1, -0.05) is 0 Å². The molecule has 2 aromatic heterocycles. The molecule has 90 valence electrons. The molecule has 17 heavy (non-hydrogen) atoms. The van der Waals surface area contributed by atoms with Crippen LogP contribution in [0.3, 0.4) is 0 Å². The van der Waals surface area contributed by atoms with Gasteiger partial charge in [0.15, 0.2) is 0 Å². The molecule has 0 spiro atoms. The van der Waals surface area contributed by atoms with Crippen molar-refractivity contribution in [3.63, 3.8) is 0 Å². The molecule has 1 atom stereocenters. The zero-order valence-electron chi connectivity index (χ0n) is 10.0. The van der Waals surface area contributed by atoms with Gasteiger partial charge in [0.2, 0.25) is 0 Å². The number of hydrogen-bond donors (Lipinski definition) is 1. The van der Waals surface area contributed by atoms with Crippen LogP contribution in [-0.2, 0) is 13.0 Å². The number of aryl methyl sites for hydroxylation is 2. The topological polar surface area (TPSA) is 63.8 Å². The molecule has 2 rings (SSSR count). The summed E-state index contributed by atoms with van der Waals surface area (Å²) >= 11 is 0. The maximum atomic E-state index is 10.1. The highest BCUT2D eigenvalue weighted by Crippen LogP contribution is 2.15. The molecule has 0 aliphatic heterocycles. The van der Waals surface area contributed by atoms with Crippen LogP contribution >= 0.6 is 0 Å². The van der Waals surface area contributed by atoms with Crippen LogP contribution < -0.4 is 0 Å². The Morgan fingerprint density at radius 1 is 1.47 bits per heavy atom. The minimum absolute atomic E-state index is 0.524. The van der Waals surface area contributed by atoms with Crippen molar-refractivity contribution in [1.82, 2.24) is 19.7 Å². The Morgan fingerprint density at radius 3 is 2.94 bits per heavy atom. The highest BCUT2D eigenvalue weighted by atomic mass is 16.3. The molecule has 0 bridgehead atoms. The predicted molar refractivity (Wildman–Crippen MR) is 63.3 cm³/mol. The number of aliphatic hydroxyl groups is 1. The first-order valence-corrected chi connectivity index (χ1v) is 5.68. The quantitative estimate of drug-likeness (QED) is 0.862. The third-order valence-electron chi connectivity index (χ3n) is 2.58. The highest BCUT2D eigenvalue weighted by molar-refractivity contribution is 5.12. The van der Waals surface area contributed by atoms with Crippen LogP contribution in [0.25, 0.3) is 0 Å². The third-order valence-corrected chi connectivity index (χ3v) is 2.58. The van der Waals surface area contributed by atoms with Crippen LogP contribution in [0.4, 0.5) is 0 Å². The van der Waals surface area contributed by atoms with Gasteiger partial charge in [-0.3, -0.25) is 4.68 Å². The van der Waals surface area contributed by atoms with E-state index >= 15 is 0 Å². The van der Waals surface area contributed by atoms with E-state index in [9.17, 15) is 5.11 Å². The zero-order valence-corrected chi connectivity index (χ0v) is 10.0. The Balaban J connectivity index is 2.08. The molecule has 0 radical (unpaired) electrons. The summed E-state index contributed by atoms with van der Waals surface area (Å²) in [6.07, 6.45) is 5.30. The van der Waals surface area contributed by atoms with Crippen molar-refractivity contribution in [2.75, 3.05) is 0 Å². The molecule has 1 unspecified atom stereocenters. The van der Waals surface area contributed by atoms with E-state index in [2.05, 4.69) is 15.1 Å². The molecule has 2 heterocycles. The number of nitrogens with zero attached hydrogens (tertiary/aromatic N) is 4. The summed E-state index contributed by atoms with van der Waals surface area (Å²) in [5.41, 5.74) is 1.66. The lowest BCUT2D eigenvalue weighted by atomic mass is 10.1. The first-order chi connectivity index (χ1) is 8.19. The van der Waals surface area contributed by atoms with Gasteiger partial charge in [-0.25, -0.2) is 9.97 Å². The van der Waals surface area contributed by atoms with E-state index in [-0.39, 0.29) is 0 Å². The van der Waals surface area contributed by atoms with Gasteiger partial charge in [-0.2, -0.15) is 5.10 Å². The summed E-state index contributed by atoms with van der Waals surface area (Å²) in [6.45, 7) is 4.68. The zero-order chi connectivity index (χ0) is 12.3. The largest absolute Gasteiger partial charge is 0.386 e. The molecule has 0 saturated heterocycles. The fraction of sp³-hybridized carbons (Fsp3) is 0.417. The number of hydrogen-bond acceptors (Lipinski definition) is 4. The number of aliphatic hydroxyl groups excluding tert-OH is 1. The maximum absolute atomic E-state index is 10.1. The summed E-state index contributed by atoms with van der Waals surface area (Å²) in [5, 5.41) is 14.2. The van der Waals surface area contributed by atoms with Crippen LogP contribution in [0.15, 0.2) is 24.7 Å². The van der Waals surface area contributed by atoms with Crippen LogP contribution in [0.5, 0.6) is 0 Å². The van der Waals surface area contributed by atoms with Gasteiger partial charge in [0, 0.05) is 25.4 Å². The van der Waals surface area contributed by atoms with Gasteiger partial charge in [0.25, 0.3) is 0 Å². The van der Waals surface area contributed by atoms with Crippen LogP contribution in [-0.4, -0.2) is 24.9 Å². The molecule has 1 N–H and O–H groups in total. The third kappa shape index (κ3) is 2.88. The fourth-order valence-corrected chi connectivity index (χ4v) is 1.67. The first kappa shape index (κ1) is 11.7. The summed E-state index contributed by atoms with van der Waals surface area (Å²) < 4.78 is 1.84. The van der Waals surface area contributed by atoms with Gasteiger partial charge in [0.05, 0.1) is 11.9 Å². The van der Waals surface area contributed by atoms with Gasteiger partial charge in [0.1, 0.15) is 11.9 Å². The maximum Gasteiger partial charge on any atom is 0.125 e. The van der Waals surface area contributed by atoms with Gasteiger partial charge in [-0.05, 0) is 25.5 Å². The Kier molecular flexibility index (Phi) is 3.49. The van der Waals surface area contributed by atoms with Gasteiger partial charge < -0.3 is 5.11 Å². The lowest BCUT2D eigenvalue weighted by molar-refractivity contribution is 0.173. The normalized spacial score (nSPS) is 12.6. The van der Waals surface area contributed by atoms with Gasteiger partial charge in [-0.15, -0.1) is 0 Å². The lowest BCUT2D eigenvalue weighted by Gasteiger charge is -2.08. The fourth-order valence-electron chi connectivity index (χ4n) is 1.67. The second-order valence-electron chi connectivity index (χ2n) is 3.95. The monoisotopic (exact) mass is 232 g/mol. The summed E-state index contributed by atoms with van der Waals surface area (Å²) in [5.74, 6) is 0.672. The van der Waals surface area contributed by atoms with Crippen molar-refractivity contribution < 1.29 is 5.11 Å². The molecule has 5 nitrogen and oxygen atoms in total. The van der Waals surface area contributed by atoms with Crippen LogP contribution in [0.1, 0.15) is 30.1 Å². The molecule has 2 aromatic rings. The predicted octanol–water partition coefficient (Wildman–Crippen LogP) is 1.28. The second-order valence-corrected chi connectivity index (χ2v) is 3.95. The number of aromatic nitrogens is 4. The van der Waals surface area contributed by atoms with Gasteiger partial charge >= 0.3 is 0 Å². The minimum atomic E-state index is -0.605. The van der Waals surface area contributed by atoms with Crippen LogP contribution in [0, 0.1) is 6.92 Å². The van der Waals surface area contributed by atoms with Crippen molar-refractivity contribution in [2.45, 2.75) is 32.9 Å². The SMILES string of the molecule is CCn1cc(CC(O)c2ccnc(C)n2)cn1. The Labute approximate surface area is 100 Å². The molecule has 0 aliphatic carbocycles. The van der Waals surface area contributed by atoms with Crippen molar-refractivity contribution >= 4 is 0 Å². The summed E-state index contributed by atoms with van der Waals surface area (Å²) in [4.78, 5) is 8.22. The average Bonchev–Trinajstić information content (AvgIpc) is 2.77. The second kappa shape index (κ2) is 5.05. The van der Waals surface area contributed by atoms with E-state index in [1.807, 2.05) is 24.7 Å². The summed E-state index contributed by atoms with van der Waals surface area (Å²) in [7, 11) is 0. The molecule has 0 saturated carbocycles. The summed E-state index contributed by atoms with van der Waals surface area (Å²) in [6, 6.07) is 1.74. The van der Waals surface area contributed by atoms with E-state index in [1.54, 1.807) is 18.5 Å². The molecular formula is C12H16N4O. The molecule has 0 aliphatic rings. The van der Waals surface area contributed by atoms with Crippen molar-refractivity contribution in [3.8, 4) is 0 Å². The molecule has 0 amide bonds. The highest BCUT2D eigenvalue weighted by Gasteiger charge is 2.11. The van der Waals surface area contributed by atoms with Crippen molar-refractivity contribution in [3.05, 3.63) is 41.7 Å². The minimum Gasteiger partial charge on any atom is -0.386 e. The van der Waals surface area contributed by atoms with E-state index in [1.165, 1.54) is 0 Å². The van der Waals surface area contributed by atoms with E-state index in [0.717, 1.165) is 12.1 Å². The smallest absolute Gasteiger partial charge is 0.125 e. The molecular weight excluding hydrogens is 216 g/mol. The average molecular weight is 232 g/mol. The molecule has 0 aromatic carbocycles. The van der Waals surface area contributed by atoms with E-state index in [4.69, 9.17) is 0 Å². The molecule has 0 fully saturated rings. The van der Waals surface area contributed by atoms with Crippen molar-refractivity contribution in [1.29, 1.82) is 0 Å². The number of rotatable bonds is 4. The van der Waals surface area contributed by atoms with E-state index in [0.29, 0.717) is 17.9 Å². The standard InChI is InChI=1S/C12H16N4O/c1-3-16-8-10(7-14-16)6-12(17)11-4-5-13-9(2)15-11/h4-5,7-8,12,17H,3,6H2,1-2H3. The Hall–Kier alpha value is -1.75.